The van der Waals surface area contributed by atoms with Gasteiger partial charge in [-0.3, -0.25) is 4.79 Å². The molecule has 150 valence electrons. The lowest BCUT2D eigenvalue weighted by atomic mass is 10.1. The van der Waals surface area contributed by atoms with E-state index in [1.54, 1.807) is 30.3 Å². The molecule has 0 atom stereocenters. The lowest BCUT2D eigenvalue weighted by Gasteiger charge is -2.26. The Balaban J connectivity index is 1.57. The summed E-state index contributed by atoms with van der Waals surface area (Å²) in [4.78, 5) is 12.4. The molecule has 0 saturated carbocycles. The third-order valence-electron chi connectivity index (χ3n) is 4.70. The fourth-order valence-electron chi connectivity index (χ4n) is 3.10. The number of hydrogen-bond acceptors (Lipinski definition) is 5. The number of benzene rings is 2. The Bertz CT molecular complexity index is 932. The van der Waals surface area contributed by atoms with Crippen molar-refractivity contribution in [2.75, 3.05) is 26.3 Å². The monoisotopic (exact) mass is 403 g/mol. The van der Waals surface area contributed by atoms with Gasteiger partial charge in [-0.2, -0.15) is 4.31 Å². The van der Waals surface area contributed by atoms with Crippen LogP contribution in [-0.2, 0) is 26.0 Å². The normalized spacial score (nSPS) is 15.4. The molecule has 0 spiro atoms. The average Bonchev–Trinajstić information content (AvgIpc) is 2.69. The molecule has 0 amide bonds. The maximum Gasteiger partial charge on any atom is 0.311 e. The molecule has 1 aliphatic rings. The van der Waals surface area contributed by atoms with Gasteiger partial charge in [0.15, 0.2) is 0 Å². The minimum Gasteiger partial charge on any atom is -0.426 e. The van der Waals surface area contributed by atoms with Gasteiger partial charge in [-0.05, 0) is 49.6 Å². The number of sulfonamides is 1. The second kappa shape index (κ2) is 8.86. The number of carbonyl (C=O) groups excluding carboxylic acids is 1. The Morgan fingerprint density at radius 2 is 1.75 bits per heavy atom. The van der Waals surface area contributed by atoms with Crippen LogP contribution in [0.2, 0.25) is 0 Å². The Kier molecular flexibility index (Phi) is 6.49. The summed E-state index contributed by atoms with van der Waals surface area (Å²) in [6, 6.07) is 12.4. The van der Waals surface area contributed by atoms with Crippen LogP contribution in [0.15, 0.2) is 47.4 Å². The van der Waals surface area contributed by atoms with Crippen molar-refractivity contribution in [1.82, 2.24) is 4.31 Å². The van der Waals surface area contributed by atoms with Gasteiger partial charge in [0.2, 0.25) is 10.0 Å². The number of hydrogen-bond donors (Lipinski definition) is 0. The van der Waals surface area contributed by atoms with Crippen molar-refractivity contribution < 1.29 is 22.7 Å². The molecule has 1 fully saturated rings. The highest BCUT2D eigenvalue weighted by atomic mass is 32.2. The van der Waals surface area contributed by atoms with E-state index in [-0.39, 0.29) is 17.3 Å². The summed E-state index contributed by atoms with van der Waals surface area (Å²) in [5.74, 6) is 0.263. The smallest absolute Gasteiger partial charge is 0.311 e. The molecule has 28 heavy (non-hydrogen) atoms. The fraction of sp³-hybridized carbons (Fsp3) is 0.381. The van der Waals surface area contributed by atoms with E-state index < -0.39 is 10.0 Å². The first-order valence-electron chi connectivity index (χ1n) is 9.31. The maximum atomic E-state index is 12.6. The van der Waals surface area contributed by atoms with Crippen molar-refractivity contribution in [3.63, 3.8) is 0 Å². The number of rotatable bonds is 6. The van der Waals surface area contributed by atoms with E-state index in [9.17, 15) is 13.2 Å². The quantitative estimate of drug-likeness (QED) is 0.548. The highest BCUT2D eigenvalue weighted by Gasteiger charge is 2.26. The number of morpholine rings is 1. The van der Waals surface area contributed by atoms with Crippen LogP contribution in [0.1, 0.15) is 23.1 Å². The summed E-state index contributed by atoms with van der Waals surface area (Å²) in [7, 11) is -3.50. The topological polar surface area (TPSA) is 72.9 Å². The Morgan fingerprint density at radius 3 is 2.39 bits per heavy atom. The van der Waals surface area contributed by atoms with E-state index in [1.807, 2.05) is 26.0 Å². The van der Waals surface area contributed by atoms with E-state index in [0.29, 0.717) is 38.5 Å². The van der Waals surface area contributed by atoms with Crippen molar-refractivity contribution in [3.8, 4) is 5.75 Å². The molecular weight excluding hydrogens is 378 g/mol. The van der Waals surface area contributed by atoms with Gasteiger partial charge < -0.3 is 9.47 Å². The van der Waals surface area contributed by atoms with Crippen LogP contribution in [0, 0.1) is 13.8 Å². The van der Waals surface area contributed by atoms with Gasteiger partial charge in [0, 0.05) is 19.5 Å². The molecule has 0 aliphatic carbocycles. The van der Waals surface area contributed by atoms with Gasteiger partial charge in [0.25, 0.3) is 0 Å². The number of esters is 1. The molecule has 1 aliphatic heterocycles. The second-order valence-electron chi connectivity index (χ2n) is 6.90. The predicted octanol–water partition coefficient (Wildman–Crippen LogP) is 2.86. The minimum absolute atomic E-state index is 0.225. The maximum absolute atomic E-state index is 12.6. The van der Waals surface area contributed by atoms with Crippen LogP contribution in [0.3, 0.4) is 0 Å². The third kappa shape index (κ3) is 4.98. The van der Waals surface area contributed by atoms with Crippen LogP contribution >= 0.6 is 0 Å². The van der Waals surface area contributed by atoms with Crippen LogP contribution < -0.4 is 4.74 Å². The Labute approximate surface area is 166 Å². The number of carbonyl (C=O) groups is 1. The summed E-state index contributed by atoms with van der Waals surface area (Å²) >= 11 is 0. The first-order chi connectivity index (χ1) is 13.4. The molecule has 0 radical (unpaired) electrons. The van der Waals surface area contributed by atoms with Crippen LogP contribution in [0.5, 0.6) is 5.75 Å². The molecular formula is C21H25NO5S. The van der Waals surface area contributed by atoms with Crippen molar-refractivity contribution in [2.45, 2.75) is 31.6 Å². The Hall–Kier alpha value is -2.22. The molecule has 0 aromatic heterocycles. The zero-order chi connectivity index (χ0) is 20.1. The van der Waals surface area contributed by atoms with E-state index in [2.05, 4.69) is 0 Å². The molecule has 3 rings (SSSR count). The van der Waals surface area contributed by atoms with Crippen LogP contribution in [-0.4, -0.2) is 45.0 Å². The lowest BCUT2D eigenvalue weighted by molar-refractivity contribution is -0.134. The minimum atomic E-state index is -3.50. The molecule has 2 aromatic carbocycles. The first kappa shape index (κ1) is 20.5. The number of aryl methyl sites for hydroxylation is 3. The average molecular weight is 404 g/mol. The summed E-state index contributed by atoms with van der Waals surface area (Å²) in [6.45, 7) is 5.47. The molecule has 7 heteroatoms. The van der Waals surface area contributed by atoms with Gasteiger partial charge >= 0.3 is 5.97 Å². The zero-order valence-corrected chi connectivity index (χ0v) is 17.0. The van der Waals surface area contributed by atoms with Gasteiger partial charge in [-0.25, -0.2) is 8.42 Å². The van der Waals surface area contributed by atoms with Gasteiger partial charge in [0.05, 0.1) is 18.1 Å². The highest BCUT2D eigenvalue weighted by molar-refractivity contribution is 7.89. The van der Waals surface area contributed by atoms with Crippen molar-refractivity contribution >= 4 is 16.0 Å². The van der Waals surface area contributed by atoms with Crippen molar-refractivity contribution in [2.24, 2.45) is 0 Å². The molecule has 0 bridgehead atoms. The second-order valence-corrected chi connectivity index (χ2v) is 8.84. The molecule has 0 unspecified atom stereocenters. The fourth-order valence-corrected chi connectivity index (χ4v) is 4.51. The highest BCUT2D eigenvalue weighted by Crippen LogP contribution is 2.20. The number of nitrogens with zero attached hydrogens (tertiary/aromatic N) is 1. The molecule has 1 saturated heterocycles. The standard InChI is InChI=1S/C21H25NO5S/c1-16-3-9-20(17(2)15-16)27-21(23)10-6-18-4-7-19(8-5-18)28(24,25)22-11-13-26-14-12-22/h3-5,7-9,15H,6,10-14H2,1-2H3. The third-order valence-corrected chi connectivity index (χ3v) is 6.62. The summed E-state index contributed by atoms with van der Waals surface area (Å²) in [6.07, 6.45) is 0.713. The molecule has 1 heterocycles. The van der Waals surface area contributed by atoms with E-state index >= 15 is 0 Å². The largest absolute Gasteiger partial charge is 0.426 e. The predicted molar refractivity (Wildman–Crippen MR) is 106 cm³/mol. The first-order valence-corrected chi connectivity index (χ1v) is 10.7. The molecule has 6 nitrogen and oxygen atoms in total. The summed E-state index contributed by atoms with van der Waals surface area (Å²) in [5, 5.41) is 0. The zero-order valence-electron chi connectivity index (χ0n) is 16.2. The van der Waals surface area contributed by atoms with Crippen LogP contribution in [0.25, 0.3) is 0 Å². The van der Waals surface area contributed by atoms with E-state index in [0.717, 1.165) is 16.7 Å². The van der Waals surface area contributed by atoms with Crippen molar-refractivity contribution in [3.05, 3.63) is 59.2 Å². The van der Waals surface area contributed by atoms with Crippen LogP contribution in [0.4, 0.5) is 0 Å². The molecule has 0 N–H and O–H groups in total. The molecule has 2 aromatic rings. The SMILES string of the molecule is Cc1ccc(OC(=O)CCc2ccc(S(=O)(=O)N3CCOCC3)cc2)c(C)c1. The summed E-state index contributed by atoms with van der Waals surface area (Å²) in [5.41, 5.74) is 2.92. The summed E-state index contributed by atoms with van der Waals surface area (Å²) < 4.78 is 37.3. The van der Waals surface area contributed by atoms with E-state index in [4.69, 9.17) is 9.47 Å². The van der Waals surface area contributed by atoms with Crippen molar-refractivity contribution in [1.29, 1.82) is 0 Å². The van der Waals surface area contributed by atoms with E-state index in [1.165, 1.54) is 4.31 Å². The van der Waals surface area contributed by atoms with Gasteiger partial charge in [-0.1, -0.05) is 29.8 Å². The number of ether oxygens (including phenoxy) is 2. The van der Waals surface area contributed by atoms with Gasteiger partial charge in [0.1, 0.15) is 5.75 Å². The Morgan fingerprint density at radius 1 is 1.07 bits per heavy atom. The van der Waals surface area contributed by atoms with Gasteiger partial charge in [-0.15, -0.1) is 0 Å². The lowest BCUT2D eigenvalue weighted by Crippen LogP contribution is -2.40.